The number of aliphatic hydroxyl groups excluding tert-OH is 11. The molecule has 3 saturated heterocycles. The van der Waals surface area contributed by atoms with E-state index in [2.05, 4.69) is 24.5 Å². The van der Waals surface area contributed by atoms with E-state index in [-0.39, 0.29) is 18.9 Å². The van der Waals surface area contributed by atoms with Crippen LogP contribution in [-0.4, -0.2) is 215 Å². The maximum absolute atomic E-state index is 13.5. The van der Waals surface area contributed by atoms with Crippen molar-refractivity contribution in [3.05, 3.63) is 0 Å². The molecular formula is C69H130N2O21. The van der Waals surface area contributed by atoms with Crippen LogP contribution in [0.15, 0.2) is 0 Å². The van der Waals surface area contributed by atoms with Gasteiger partial charge in [0.25, 0.3) is 5.79 Å². The number of hydrogen-bond donors (Lipinski definition) is 14. The van der Waals surface area contributed by atoms with E-state index in [1.165, 1.54) is 186 Å². The normalized spacial score (nSPS) is 28.2. The fraction of sp³-hybridized carbons (Fsp3) is 0.957. The van der Waals surface area contributed by atoms with Crippen molar-refractivity contribution >= 4 is 17.8 Å². The minimum atomic E-state index is -3.08. The summed E-state index contributed by atoms with van der Waals surface area (Å²) < 4.78 is 34.9. The lowest BCUT2D eigenvalue weighted by molar-refractivity contribution is -0.386. The molecule has 0 aliphatic carbocycles. The van der Waals surface area contributed by atoms with Crippen LogP contribution in [-0.2, 0) is 42.8 Å². The first-order chi connectivity index (χ1) is 44.4. The summed E-state index contributed by atoms with van der Waals surface area (Å²) in [6.07, 6.45) is 18.1. The minimum Gasteiger partial charge on any atom is -0.477 e. The van der Waals surface area contributed by atoms with Crippen LogP contribution in [0.1, 0.15) is 284 Å². The molecule has 92 heavy (non-hydrogen) atoms. The lowest BCUT2D eigenvalue weighted by Gasteiger charge is -2.50. The fourth-order valence-electron chi connectivity index (χ4n) is 13.0. The van der Waals surface area contributed by atoms with E-state index in [4.69, 9.17) is 28.4 Å². The molecule has 3 rings (SSSR count). The maximum atomic E-state index is 13.5. The molecule has 3 fully saturated rings. The molecule has 3 heterocycles. The molecular weight excluding hydrogens is 1190 g/mol. The van der Waals surface area contributed by atoms with Crippen molar-refractivity contribution in [2.75, 3.05) is 26.4 Å². The highest BCUT2D eigenvalue weighted by molar-refractivity contribution is 5.77. The summed E-state index contributed by atoms with van der Waals surface area (Å²) in [5.74, 6) is -6.09. The number of hydrogen-bond acceptors (Lipinski definition) is 20. The van der Waals surface area contributed by atoms with Crippen molar-refractivity contribution < 1.29 is 104 Å². The third-order valence-electron chi connectivity index (χ3n) is 18.8. The minimum absolute atomic E-state index is 0.229. The summed E-state index contributed by atoms with van der Waals surface area (Å²) in [6, 6.07) is -2.52. The number of carbonyl (C=O) groups is 3. The van der Waals surface area contributed by atoms with Gasteiger partial charge in [0.05, 0.1) is 50.7 Å². The molecule has 0 spiro atoms. The van der Waals surface area contributed by atoms with Crippen LogP contribution in [0.4, 0.5) is 0 Å². The second-order valence-corrected chi connectivity index (χ2v) is 26.8. The summed E-state index contributed by atoms with van der Waals surface area (Å²) in [5, 5.41) is 136. The zero-order valence-electron chi connectivity index (χ0n) is 56.7. The highest BCUT2D eigenvalue weighted by atomic mass is 16.8. The Morgan fingerprint density at radius 2 is 0.946 bits per heavy atom. The first-order valence-corrected chi connectivity index (χ1v) is 36.4. The zero-order valence-corrected chi connectivity index (χ0v) is 56.7. The molecule has 23 heteroatoms. The van der Waals surface area contributed by atoms with Crippen LogP contribution in [0.3, 0.4) is 0 Å². The highest BCUT2D eigenvalue weighted by Gasteiger charge is 2.60. The quantitative estimate of drug-likeness (QED) is 0.0266. The largest absolute Gasteiger partial charge is 0.477 e. The standard InChI is InChI=1S/C69H130N2O21/c1-4-6-8-10-12-14-16-18-20-22-23-24-25-26-27-28-30-32-34-36-38-40-42-51(76)50(71-56(79)43-41-39-37-35-33-31-29-21-19-17-15-13-11-9-7-5-2)48-87-66-61(83)60(82)63(55(47-74)89-66)90-67-62(84)65(59(81)54(46-73)88-67)92-69(68(85)86)44-52(77)57(70-49(3)75)64(91-69)58(80)53(78)45-72/h50-55,57-67,72-74,76-78,80-84H,4-48H2,1-3H3,(H,70,75)(H,71,79)(H,85,86). The molecule has 0 radical (unpaired) electrons. The first kappa shape index (κ1) is 84.0. The number of carbonyl (C=O) groups excluding carboxylic acids is 2. The Bertz CT molecular complexity index is 1860. The van der Waals surface area contributed by atoms with Gasteiger partial charge in [-0.25, -0.2) is 4.79 Å². The van der Waals surface area contributed by atoms with Gasteiger partial charge in [0.1, 0.15) is 67.1 Å². The lowest BCUT2D eigenvalue weighted by Crippen LogP contribution is -2.70. The third-order valence-corrected chi connectivity index (χ3v) is 18.8. The Kier molecular flexibility index (Phi) is 45.7. The lowest BCUT2D eigenvalue weighted by atomic mass is 9.88. The Morgan fingerprint density at radius 1 is 0.522 bits per heavy atom. The van der Waals surface area contributed by atoms with Gasteiger partial charge < -0.3 is 100 Å². The number of aliphatic carboxylic acids is 1. The average Bonchev–Trinajstić information content (AvgIpc) is 0.766. The average molecular weight is 1320 g/mol. The molecule has 3 aliphatic heterocycles. The van der Waals surface area contributed by atoms with Crippen LogP contribution < -0.4 is 10.6 Å². The molecule has 0 aromatic rings. The van der Waals surface area contributed by atoms with Crippen molar-refractivity contribution in [2.45, 2.75) is 394 Å². The van der Waals surface area contributed by atoms with Crippen LogP contribution in [0.25, 0.3) is 0 Å². The number of carboxylic acid groups (broad SMARTS) is 1. The molecule has 14 N–H and O–H groups in total. The first-order valence-electron chi connectivity index (χ1n) is 36.4. The Labute approximate surface area is 550 Å². The fourth-order valence-corrected chi connectivity index (χ4v) is 13.0. The van der Waals surface area contributed by atoms with Gasteiger partial charge in [0.2, 0.25) is 11.8 Å². The number of ether oxygens (including phenoxy) is 6. The number of nitrogens with one attached hydrogen (secondary N) is 2. The van der Waals surface area contributed by atoms with Gasteiger partial charge in [-0.2, -0.15) is 0 Å². The molecule has 23 nitrogen and oxygen atoms in total. The van der Waals surface area contributed by atoms with Crippen molar-refractivity contribution in [2.24, 2.45) is 0 Å². The van der Waals surface area contributed by atoms with Gasteiger partial charge in [-0.05, 0) is 12.8 Å². The molecule has 542 valence electrons. The van der Waals surface area contributed by atoms with E-state index >= 15 is 0 Å². The van der Waals surface area contributed by atoms with Gasteiger partial charge in [-0.3, -0.25) is 9.59 Å². The number of rotatable bonds is 56. The van der Waals surface area contributed by atoms with Crippen molar-refractivity contribution in [3.8, 4) is 0 Å². The summed E-state index contributed by atoms with van der Waals surface area (Å²) >= 11 is 0. The Morgan fingerprint density at radius 3 is 1.36 bits per heavy atom. The molecule has 0 saturated carbocycles. The highest BCUT2D eigenvalue weighted by Crippen LogP contribution is 2.39. The number of amides is 2. The van der Waals surface area contributed by atoms with E-state index in [0.717, 1.165) is 51.9 Å². The van der Waals surface area contributed by atoms with E-state index < -0.39 is 148 Å². The summed E-state index contributed by atoms with van der Waals surface area (Å²) in [7, 11) is 0. The third kappa shape index (κ3) is 31.9. The Balaban J connectivity index is 1.57. The topological polar surface area (TPSA) is 373 Å². The SMILES string of the molecule is CCCCCCCCCCCCCCCCCCCCCCCCC(O)C(COC1OC(CO)C(OC2OC(CO)C(O)C(OC3(C(=O)O)CC(O)C(NC(C)=O)C(C(O)C(O)CO)O3)C2O)C(O)C1O)NC(=O)CCCCCCCCCCCCCCCCCC. The molecule has 3 aliphatic rings. The number of unbranched alkanes of at least 4 members (excludes halogenated alkanes) is 36. The van der Waals surface area contributed by atoms with Crippen molar-refractivity contribution in [3.63, 3.8) is 0 Å². The van der Waals surface area contributed by atoms with Gasteiger partial charge in [0.15, 0.2) is 12.6 Å². The second kappa shape index (κ2) is 50.1. The van der Waals surface area contributed by atoms with Gasteiger partial charge in [0, 0.05) is 19.8 Å². The van der Waals surface area contributed by atoms with E-state index in [9.17, 15) is 75.7 Å². The molecule has 18 atom stereocenters. The molecule has 0 aromatic heterocycles. The maximum Gasteiger partial charge on any atom is 0.364 e. The molecule has 0 bridgehead atoms. The van der Waals surface area contributed by atoms with Crippen LogP contribution in [0.5, 0.6) is 0 Å². The molecule has 0 aromatic carbocycles. The van der Waals surface area contributed by atoms with E-state index in [0.29, 0.717) is 19.3 Å². The van der Waals surface area contributed by atoms with E-state index in [1.54, 1.807) is 0 Å². The van der Waals surface area contributed by atoms with Crippen molar-refractivity contribution in [1.29, 1.82) is 0 Å². The summed E-state index contributed by atoms with van der Waals surface area (Å²) in [5.41, 5.74) is 0. The van der Waals surface area contributed by atoms with Gasteiger partial charge >= 0.3 is 5.97 Å². The molecule has 2 amide bonds. The zero-order chi connectivity index (χ0) is 67.5. The van der Waals surface area contributed by atoms with Crippen molar-refractivity contribution in [1.82, 2.24) is 10.6 Å². The van der Waals surface area contributed by atoms with Crippen LogP contribution >= 0.6 is 0 Å². The number of aliphatic hydroxyl groups is 11. The van der Waals surface area contributed by atoms with E-state index in [1.807, 2.05) is 0 Å². The number of carboxylic acids is 1. The van der Waals surface area contributed by atoms with Crippen LogP contribution in [0.2, 0.25) is 0 Å². The monoisotopic (exact) mass is 1320 g/mol. The summed E-state index contributed by atoms with van der Waals surface area (Å²) in [4.78, 5) is 38.6. The summed E-state index contributed by atoms with van der Waals surface area (Å²) in [6.45, 7) is 2.24. The van der Waals surface area contributed by atoms with Gasteiger partial charge in [-0.1, -0.05) is 251 Å². The van der Waals surface area contributed by atoms with Crippen LogP contribution in [0, 0.1) is 0 Å². The predicted molar refractivity (Wildman–Crippen MR) is 348 cm³/mol. The molecule has 18 unspecified atom stereocenters. The van der Waals surface area contributed by atoms with Gasteiger partial charge in [-0.15, -0.1) is 0 Å². The second-order valence-electron chi connectivity index (χ2n) is 26.8. The Hall–Kier alpha value is -2.27. The predicted octanol–water partition coefficient (Wildman–Crippen LogP) is 7.29. The smallest absolute Gasteiger partial charge is 0.364 e.